The minimum atomic E-state index is -0.465. The van der Waals surface area contributed by atoms with E-state index in [2.05, 4.69) is 22.9 Å². The Bertz CT molecular complexity index is 436. The third-order valence-electron chi connectivity index (χ3n) is 4.39. The van der Waals surface area contributed by atoms with E-state index in [0.717, 1.165) is 25.3 Å². The Labute approximate surface area is 116 Å². The first-order valence-corrected chi connectivity index (χ1v) is 7.51. The van der Waals surface area contributed by atoms with Crippen LogP contribution in [0.2, 0.25) is 0 Å². The summed E-state index contributed by atoms with van der Waals surface area (Å²) in [7, 11) is 0. The smallest absolute Gasteiger partial charge is 0.130 e. The van der Waals surface area contributed by atoms with E-state index in [1.54, 1.807) is 13.0 Å². The largest absolute Gasteiger partial charge is 0.207 e. The fraction of sp³-hybridized carbons (Fsp3) is 0.600. The third kappa shape index (κ3) is 2.34. The van der Waals surface area contributed by atoms with Crippen LogP contribution >= 0.6 is 15.9 Å². The van der Waals surface area contributed by atoms with Gasteiger partial charge in [0, 0.05) is 16.5 Å². The lowest BCUT2D eigenvalue weighted by Crippen LogP contribution is -2.22. The zero-order valence-electron chi connectivity index (χ0n) is 10.9. The number of halogens is 3. The van der Waals surface area contributed by atoms with Crippen LogP contribution in [0, 0.1) is 24.0 Å². The Morgan fingerprint density at radius 3 is 2.39 bits per heavy atom. The van der Waals surface area contributed by atoms with Crippen LogP contribution in [0.4, 0.5) is 8.78 Å². The van der Waals surface area contributed by atoms with Crippen LogP contribution in [-0.2, 0) is 0 Å². The van der Waals surface area contributed by atoms with Crippen molar-refractivity contribution in [3.8, 4) is 0 Å². The first-order chi connectivity index (χ1) is 8.50. The highest BCUT2D eigenvalue weighted by Gasteiger charge is 2.40. The van der Waals surface area contributed by atoms with Crippen molar-refractivity contribution < 1.29 is 8.78 Å². The highest BCUT2D eigenvalue weighted by Crippen LogP contribution is 2.54. The zero-order chi connectivity index (χ0) is 13.3. The standard InChI is InChI=1S/C15H19BrF2/c1-3-15(6-4-5-7-15)14(16)11-8-10(2)12(17)9-13(11)18/h8-9,14H,3-7H2,1-2H3. The van der Waals surface area contributed by atoms with E-state index in [1.165, 1.54) is 12.8 Å². The fourth-order valence-corrected chi connectivity index (χ4v) is 4.20. The average molecular weight is 317 g/mol. The van der Waals surface area contributed by atoms with E-state index in [1.807, 2.05) is 0 Å². The summed E-state index contributed by atoms with van der Waals surface area (Å²) in [5.41, 5.74) is 1.25. The molecule has 0 saturated heterocycles. The molecule has 1 aliphatic carbocycles. The molecule has 0 spiro atoms. The van der Waals surface area contributed by atoms with Gasteiger partial charge in [0.2, 0.25) is 0 Å². The van der Waals surface area contributed by atoms with Crippen molar-refractivity contribution in [1.29, 1.82) is 0 Å². The van der Waals surface area contributed by atoms with E-state index in [9.17, 15) is 8.78 Å². The molecule has 1 aliphatic rings. The van der Waals surface area contributed by atoms with Gasteiger partial charge in [0.25, 0.3) is 0 Å². The monoisotopic (exact) mass is 316 g/mol. The predicted molar refractivity (Wildman–Crippen MR) is 74.0 cm³/mol. The van der Waals surface area contributed by atoms with Gasteiger partial charge in [-0.1, -0.05) is 35.7 Å². The molecule has 1 aromatic rings. The molecule has 0 N–H and O–H groups in total. The molecule has 2 rings (SSSR count). The van der Waals surface area contributed by atoms with Crippen molar-refractivity contribution in [2.45, 2.75) is 50.8 Å². The Hall–Kier alpha value is -0.440. The van der Waals surface area contributed by atoms with Crippen LogP contribution in [0.5, 0.6) is 0 Å². The van der Waals surface area contributed by atoms with Gasteiger partial charge in [0.05, 0.1) is 0 Å². The van der Waals surface area contributed by atoms with Gasteiger partial charge in [0.15, 0.2) is 0 Å². The average Bonchev–Trinajstić information content (AvgIpc) is 2.83. The SMILES string of the molecule is CCC1(C(Br)c2cc(C)c(F)cc2F)CCCC1. The molecule has 0 radical (unpaired) electrons. The highest BCUT2D eigenvalue weighted by molar-refractivity contribution is 9.09. The molecule has 1 fully saturated rings. The van der Waals surface area contributed by atoms with Gasteiger partial charge in [-0.3, -0.25) is 0 Å². The van der Waals surface area contributed by atoms with Crippen molar-refractivity contribution in [2.75, 3.05) is 0 Å². The first-order valence-electron chi connectivity index (χ1n) is 6.60. The Kier molecular flexibility index (Phi) is 4.10. The van der Waals surface area contributed by atoms with Crippen molar-refractivity contribution in [1.82, 2.24) is 0 Å². The second-order valence-corrected chi connectivity index (χ2v) is 6.32. The van der Waals surface area contributed by atoms with Gasteiger partial charge in [-0.15, -0.1) is 0 Å². The summed E-state index contributed by atoms with van der Waals surface area (Å²) >= 11 is 3.68. The predicted octanol–water partition coefficient (Wildman–Crippen LogP) is 5.68. The van der Waals surface area contributed by atoms with Gasteiger partial charge >= 0.3 is 0 Å². The van der Waals surface area contributed by atoms with Crippen LogP contribution in [0.1, 0.15) is 55.0 Å². The minimum Gasteiger partial charge on any atom is -0.207 e. The number of alkyl halides is 1. The van der Waals surface area contributed by atoms with Crippen molar-refractivity contribution in [3.05, 3.63) is 34.9 Å². The van der Waals surface area contributed by atoms with Gasteiger partial charge in [0.1, 0.15) is 11.6 Å². The van der Waals surface area contributed by atoms with Crippen molar-refractivity contribution >= 4 is 15.9 Å². The minimum absolute atomic E-state index is 0.0169. The van der Waals surface area contributed by atoms with E-state index in [0.29, 0.717) is 11.1 Å². The second kappa shape index (κ2) is 5.28. The third-order valence-corrected chi connectivity index (χ3v) is 5.86. The molecule has 0 bridgehead atoms. The number of aryl methyl sites for hydroxylation is 1. The molecule has 1 saturated carbocycles. The summed E-state index contributed by atoms with van der Waals surface area (Å²) < 4.78 is 27.3. The normalized spacial score (nSPS) is 20.1. The molecule has 0 aliphatic heterocycles. The number of benzene rings is 1. The Morgan fingerprint density at radius 1 is 1.22 bits per heavy atom. The van der Waals surface area contributed by atoms with E-state index >= 15 is 0 Å². The van der Waals surface area contributed by atoms with E-state index in [4.69, 9.17) is 0 Å². The van der Waals surface area contributed by atoms with Crippen molar-refractivity contribution in [2.24, 2.45) is 5.41 Å². The number of hydrogen-bond acceptors (Lipinski definition) is 0. The van der Waals surface area contributed by atoms with Crippen molar-refractivity contribution in [3.63, 3.8) is 0 Å². The molecule has 18 heavy (non-hydrogen) atoms. The lowest BCUT2D eigenvalue weighted by molar-refractivity contribution is 0.275. The Balaban J connectivity index is 2.39. The van der Waals surface area contributed by atoms with Crippen LogP contribution in [-0.4, -0.2) is 0 Å². The summed E-state index contributed by atoms with van der Waals surface area (Å²) in [4.78, 5) is -0.0169. The summed E-state index contributed by atoms with van der Waals surface area (Å²) in [6.45, 7) is 3.85. The molecule has 3 heteroatoms. The van der Waals surface area contributed by atoms with Crippen LogP contribution < -0.4 is 0 Å². The molecule has 0 heterocycles. The van der Waals surface area contributed by atoms with Gasteiger partial charge in [-0.2, -0.15) is 0 Å². The zero-order valence-corrected chi connectivity index (χ0v) is 12.5. The number of hydrogen-bond donors (Lipinski definition) is 0. The summed E-state index contributed by atoms with van der Waals surface area (Å²) in [5, 5.41) is 0. The second-order valence-electron chi connectivity index (χ2n) is 5.41. The molecule has 0 nitrogen and oxygen atoms in total. The number of rotatable bonds is 3. The van der Waals surface area contributed by atoms with Gasteiger partial charge < -0.3 is 0 Å². The van der Waals surface area contributed by atoms with Gasteiger partial charge in [-0.05, 0) is 43.2 Å². The van der Waals surface area contributed by atoms with E-state index < -0.39 is 11.6 Å². The van der Waals surface area contributed by atoms with Gasteiger partial charge in [-0.25, -0.2) is 8.78 Å². The molecular weight excluding hydrogens is 298 g/mol. The quantitative estimate of drug-likeness (QED) is 0.629. The lowest BCUT2D eigenvalue weighted by atomic mass is 9.77. The topological polar surface area (TPSA) is 0 Å². The van der Waals surface area contributed by atoms with Crippen LogP contribution in [0.3, 0.4) is 0 Å². The maximum absolute atomic E-state index is 14.0. The molecule has 0 amide bonds. The maximum atomic E-state index is 14.0. The molecule has 100 valence electrons. The summed E-state index contributed by atoms with van der Waals surface area (Å²) in [5.74, 6) is -0.896. The summed E-state index contributed by atoms with van der Waals surface area (Å²) in [6, 6.07) is 2.66. The van der Waals surface area contributed by atoms with E-state index in [-0.39, 0.29) is 10.2 Å². The Morgan fingerprint density at radius 2 is 1.83 bits per heavy atom. The lowest BCUT2D eigenvalue weighted by Gasteiger charge is -2.33. The first kappa shape index (κ1) is 14.0. The maximum Gasteiger partial charge on any atom is 0.130 e. The molecule has 1 atom stereocenters. The highest BCUT2D eigenvalue weighted by atomic mass is 79.9. The van der Waals surface area contributed by atoms with Crippen LogP contribution in [0.25, 0.3) is 0 Å². The summed E-state index contributed by atoms with van der Waals surface area (Å²) in [6.07, 6.45) is 5.68. The molecule has 1 aromatic carbocycles. The van der Waals surface area contributed by atoms with Crippen LogP contribution in [0.15, 0.2) is 12.1 Å². The molecular formula is C15H19BrF2. The molecule has 1 unspecified atom stereocenters. The molecule has 0 aromatic heterocycles. The fourth-order valence-electron chi connectivity index (χ4n) is 3.07.